The number of allylic oxidation sites excluding steroid dienone is 2. The number of carbonyl (C=O) groups excluding carboxylic acids is 1. The lowest BCUT2D eigenvalue weighted by atomic mass is 9.81. The molecule has 4 nitrogen and oxygen atoms in total. The summed E-state index contributed by atoms with van der Waals surface area (Å²) in [7, 11) is 0. The van der Waals surface area contributed by atoms with Crippen LogP contribution in [0.3, 0.4) is 0 Å². The van der Waals surface area contributed by atoms with E-state index in [2.05, 4.69) is 25.5 Å². The van der Waals surface area contributed by atoms with Crippen molar-refractivity contribution in [3.63, 3.8) is 0 Å². The van der Waals surface area contributed by atoms with E-state index in [0.29, 0.717) is 24.0 Å². The molecule has 2 fully saturated rings. The third-order valence-electron chi connectivity index (χ3n) is 6.72. The molecule has 1 aliphatic heterocycles. The maximum absolute atomic E-state index is 14.1. The van der Waals surface area contributed by atoms with Gasteiger partial charge in [0.15, 0.2) is 0 Å². The molecule has 0 spiro atoms. The van der Waals surface area contributed by atoms with Gasteiger partial charge in [0.05, 0.1) is 11.3 Å². The van der Waals surface area contributed by atoms with E-state index in [9.17, 15) is 13.6 Å². The van der Waals surface area contributed by atoms with E-state index in [1.165, 1.54) is 12.1 Å². The molecule has 3 unspecified atom stereocenters. The Bertz CT molecular complexity index is 831. The first kappa shape index (κ1) is 22.3. The average molecular weight is 416 g/mol. The number of carbonyl (C=O) groups is 1. The Morgan fingerprint density at radius 3 is 2.63 bits per heavy atom. The summed E-state index contributed by atoms with van der Waals surface area (Å²) >= 11 is 0. The van der Waals surface area contributed by atoms with Crippen molar-refractivity contribution in [1.29, 1.82) is 5.53 Å². The second-order valence-electron chi connectivity index (χ2n) is 8.64. The second-order valence-corrected chi connectivity index (χ2v) is 8.64. The van der Waals surface area contributed by atoms with E-state index in [1.54, 1.807) is 0 Å². The van der Waals surface area contributed by atoms with E-state index < -0.39 is 11.6 Å². The first-order valence-electron chi connectivity index (χ1n) is 10.9. The molecule has 1 aliphatic carbocycles. The van der Waals surface area contributed by atoms with Gasteiger partial charge >= 0.3 is 0 Å². The highest BCUT2D eigenvalue weighted by Gasteiger charge is 2.48. The zero-order valence-corrected chi connectivity index (χ0v) is 17.8. The van der Waals surface area contributed by atoms with Crippen molar-refractivity contribution in [3.8, 4) is 0 Å². The lowest BCUT2D eigenvalue weighted by Gasteiger charge is -2.25. The minimum absolute atomic E-state index is 0.0571. The molecule has 30 heavy (non-hydrogen) atoms. The Hall–Kier alpha value is -2.37. The monoisotopic (exact) mass is 415 g/mol. The molecule has 1 amide bonds. The van der Waals surface area contributed by atoms with Gasteiger partial charge in [-0.05, 0) is 67.2 Å². The van der Waals surface area contributed by atoms with Crippen molar-refractivity contribution in [2.45, 2.75) is 58.4 Å². The molecule has 1 heterocycles. The summed E-state index contributed by atoms with van der Waals surface area (Å²) in [5.41, 5.74) is 7.73. The number of nitrogens with one attached hydrogen (secondary N) is 1. The summed E-state index contributed by atoms with van der Waals surface area (Å²) in [5, 5.41) is 3.37. The molecule has 6 heteroatoms. The van der Waals surface area contributed by atoms with Crippen molar-refractivity contribution in [1.82, 2.24) is 4.90 Å². The van der Waals surface area contributed by atoms with Gasteiger partial charge in [0, 0.05) is 19.0 Å². The number of likely N-dealkylation sites (tertiary alicyclic amines) is 1. The summed E-state index contributed by atoms with van der Waals surface area (Å²) < 4.78 is 28.3. The molecule has 4 atom stereocenters. The fourth-order valence-corrected chi connectivity index (χ4v) is 4.63. The number of rotatable bonds is 10. The van der Waals surface area contributed by atoms with Crippen LogP contribution in [0.5, 0.6) is 0 Å². The SMILES string of the molecule is C=C(/C=C(\N=N)c1c(F)cccc1F)C(CCCC(=O)N1CCC2CC21)[C@@H](C)CC. The zero-order valence-electron chi connectivity index (χ0n) is 17.8. The minimum Gasteiger partial charge on any atom is -0.339 e. The van der Waals surface area contributed by atoms with E-state index in [4.69, 9.17) is 5.53 Å². The minimum atomic E-state index is -0.750. The van der Waals surface area contributed by atoms with Gasteiger partial charge < -0.3 is 4.90 Å². The lowest BCUT2D eigenvalue weighted by molar-refractivity contribution is -0.131. The van der Waals surface area contributed by atoms with Crippen molar-refractivity contribution in [2.75, 3.05) is 6.54 Å². The predicted molar refractivity (Wildman–Crippen MR) is 114 cm³/mol. The number of benzene rings is 1. The van der Waals surface area contributed by atoms with Gasteiger partial charge in [-0.25, -0.2) is 14.3 Å². The second kappa shape index (κ2) is 9.63. The van der Waals surface area contributed by atoms with Crippen LogP contribution in [0, 0.1) is 34.9 Å². The Morgan fingerprint density at radius 2 is 2.10 bits per heavy atom. The van der Waals surface area contributed by atoms with Crippen LogP contribution < -0.4 is 0 Å². The Morgan fingerprint density at radius 1 is 1.40 bits per heavy atom. The highest BCUT2D eigenvalue weighted by atomic mass is 19.1. The molecular weight excluding hydrogens is 384 g/mol. The van der Waals surface area contributed by atoms with E-state index in [1.807, 2.05) is 4.90 Å². The molecule has 1 N–H and O–H groups in total. The molecule has 0 bridgehead atoms. The highest BCUT2D eigenvalue weighted by Crippen LogP contribution is 2.44. The van der Waals surface area contributed by atoms with Crippen molar-refractivity contribution in [2.24, 2.45) is 22.9 Å². The predicted octanol–water partition coefficient (Wildman–Crippen LogP) is 6.35. The molecule has 2 aliphatic rings. The quantitative estimate of drug-likeness (QED) is 0.351. The van der Waals surface area contributed by atoms with Crippen LogP contribution >= 0.6 is 0 Å². The van der Waals surface area contributed by atoms with Gasteiger partial charge in [-0.2, -0.15) is 5.11 Å². The topological polar surface area (TPSA) is 56.5 Å². The molecule has 1 aromatic carbocycles. The van der Waals surface area contributed by atoms with Gasteiger partial charge in [0.25, 0.3) is 0 Å². The number of piperidine rings is 1. The van der Waals surface area contributed by atoms with Crippen LogP contribution in [0.1, 0.15) is 57.9 Å². The van der Waals surface area contributed by atoms with Crippen LogP contribution in [-0.4, -0.2) is 23.4 Å². The first-order valence-corrected chi connectivity index (χ1v) is 10.9. The number of hydrogen-bond donors (Lipinski definition) is 1. The van der Waals surface area contributed by atoms with Crippen molar-refractivity contribution < 1.29 is 13.6 Å². The molecule has 162 valence electrons. The number of nitrogens with zero attached hydrogens (tertiary/aromatic N) is 2. The maximum Gasteiger partial charge on any atom is 0.222 e. The fourth-order valence-electron chi connectivity index (χ4n) is 4.63. The average Bonchev–Trinajstić information content (AvgIpc) is 3.38. The summed E-state index contributed by atoms with van der Waals surface area (Å²) in [6.07, 6.45) is 6.77. The van der Waals surface area contributed by atoms with Gasteiger partial charge in [-0.3, -0.25) is 4.79 Å². The molecule has 0 aromatic heterocycles. The molecule has 3 rings (SSSR count). The number of amides is 1. The third kappa shape index (κ3) is 4.85. The summed E-state index contributed by atoms with van der Waals surface area (Å²) in [6.45, 7) is 9.22. The van der Waals surface area contributed by atoms with Crippen LogP contribution in [0.2, 0.25) is 0 Å². The summed E-state index contributed by atoms with van der Waals surface area (Å²) in [5.74, 6) is -0.182. The van der Waals surface area contributed by atoms with E-state index in [-0.39, 0.29) is 23.1 Å². The Balaban J connectivity index is 1.67. The fraction of sp³-hybridized carbons (Fsp3) is 0.542. The van der Waals surface area contributed by atoms with Crippen LogP contribution in [0.4, 0.5) is 8.78 Å². The van der Waals surface area contributed by atoms with Crippen LogP contribution in [0.25, 0.3) is 5.70 Å². The van der Waals surface area contributed by atoms with Gasteiger partial charge in [-0.1, -0.05) is 32.9 Å². The molecule has 1 saturated carbocycles. The van der Waals surface area contributed by atoms with E-state index in [0.717, 1.165) is 56.7 Å². The molecule has 0 radical (unpaired) electrons. The lowest BCUT2D eigenvalue weighted by Crippen LogP contribution is -2.30. The normalized spacial score (nSPS) is 22.4. The van der Waals surface area contributed by atoms with Gasteiger partial charge in [0.2, 0.25) is 5.91 Å². The Kier molecular flexibility index (Phi) is 7.16. The maximum atomic E-state index is 14.1. The van der Waals surface area contributed by atoms with Gasteiger partial charge in [-0.15, -0.1) is 0 Å². The number of hydrogen-bond acceptors (Lipinski definition) is 3. The van der Waals surface area contributed by atoms with Gasteiger partial charge in [0.1, 0.15) is 11.6 Å². The number of halogens is 2. The summed E-state index contributed by atoms with van der Waals surface area (Å²) in [4.78, 5) is 14.6. The zero-order chi connectivity index (χ0) is 21.8. The largest absolute Gasteiger partial charge is 0.339 e. The van der Waals surface area contributed by atoms with Crippen molar-refractivity contribution in [3.05, 3.63) is 53.6 Å². The van der Waals surface area contributed by atoms with Crippen LogP contribution in [-0.2, 0) is 4.79 Å². The third-order valence-corrected chi connectivity index (χ3v) is 6.72. The Labute approximate surface area is 177 Å². The molecule has 1 aromatic rings. The van der Waals surface area contributed by atoms with E-state index >= 15 is 0 Å². The van der Waals surface area contributed by atoms with Crippen LogP contribution in [0.15, 0.2) is 41.5 Å². The molecular formula is C24H31F2N3O. The standard InChI is InChI=1S/C24H31F2N3O/c1-4-15(2)18(7-5-10-23(30)29-12-11-17-14-22(17)29)16(3)13-21(28-27)24-19(25)8-6-9-20(24)26/h6,8-9,13,15,17-18,22,27H,3-5,7,10-12,14H2,1-2H3/b21-13-,28-27?/t15-,17?,18?,22?/m0/s1. The van der Waals surface area contributed by atoms with Crippen molar-refractivity contribution >= 4 is 11.6 Å². The smallest absolute Gasteiger partial charge is 0.222 e. The molecule has 1 saturated heterocycles. The number of fused-ring (bicyclic) bond motifs is 1. The highest BCUT2D eigenvalue weighted by molar-refractivity contribution is 5.77. The first-order chi connectivity index (χ1) is 14.4. The summed E-state index contributed by atoms with van der Waals surface area (Å²) in [6, 6.07) is 4.08.